The number of carbonyl (C=O) groups is 2. The molecule has 3 N–H and O–H groups in total. The lowest BCUT2D eigenvalue weighted by atomic mass is 9.97. The van der Waals surface area contributed by atoms with Gasteiger partial charge in [0.2, 0.25) is 5.91 Å². The molecule has 1 aliphatic heterocycles. The maximum Gasteiger partial charge on any atom is 0.314 e. The minimum absolute atomic E-state index is 0.0643. The normalized spacial score (nSPS) is 17.3. The Kier molecular flexibility index (Phi) is 5.33. The third-order valence-corrected chi connectivity index (χ3v) is 4.36. The van der Waals surface area contributed by atoms with Crippen molar-refractivity contribution in [2.24, 2.45) is 11.7 Å². The predicted molar refractivity (Wildman–Crippen MR) is 94.1 cm³/mol. The molecule has 0 bridgehead atoms. The summed E-state index contributed by atoms with van der Waals surface area (Å²) in [4.78, 5) is 29.3. The Morgan fingerprint density at radius 2 is 2.16 bits per heavy atom. The minimum Gasteiger partial charge on any atom is -0.489 e. The minimum atomic E-state index is -0.468. The van der Waals surface area contributed by atoms with Gasteiger partial charge in [-0.25, -0.2) is 4.79 Å². The number of piperidine rings is 1. The van der Waals surface area contributed by atoms with Crippen molar-refractivity contribution in [3.8, 4) is 5.75 Å². The number of nitrogens with two attached hydrogens (primary N) is 1. The van der Waals surface area contributed by atoms with E-state index in [0.717, 1.165) is 23.7 Å². The Bertz CT molecular complexity index is 760. The van der Waals surface area contributed by atoms with Crippen LogP contribution in [0.25, 0.3) is 10.9 Å². The number of nitrogens with one attached hydrogen (secondary N) is 1. The van der Waals surface area contributed by atoms with Crippen LogP contribution in [-0.4, -0.2) is 48.1 Å². The molecule has 25 heavy (non-hydrogen) atoms. The Balaban J connectivity index is 1.48. The highest BCUT2D eigenvalue weighted by Crippen LogP contribution is 2.22. The van der Waals surface area contributed by atoms with Gasteiger partial charge in [0, 0.05) is 24.7 Å². The summed E-state index contributed by atoms with van der Waals surface area (Å²) in [6, 6.07) is 9.15. The summed E-state index contributed by atoms with van der Waals surface area (Å²) >= 11 is 0. The number of carbonyl (C=O) groups excluding carboxylic acids is 2. The van der Waals surface area contributed by atoms with Gasteiger partial charge < -0.3 is 20.7 Å². The van der Waals surface area contributed by atoms with Gasteiger partial charge >= 0.3 is 6.03 Å². The molecule has 1 atom stereocenters. The smallest absolute Gasteiger partial charge is 0.314 e. The lowest BCUT2D eigenvalue weighted by Gasteiger charge is -2.30. The van der Waals surface area contributed by atoms with E-state index in [-0.39, 0.29) is 11.8 Å². The zero-order valence-electron chi connectivity index (χ0n) is 14.0. The van der Waals surface area contributed by atoms with Crippen LogP contribution in [0.15, 0.2) is 36.5 Å². The van der Waals surface area contributed by atoms with Gasteiger partial charge in [-0.15, -0.1) is 0 Å². The molecule has 3 rings (SSSR count). The molecule has 1 unspecified atom stereocenters. The van der Waals surface area contributed by atoms with Gasteiger partial charge in [0.25, 0.3) is 0 Å². The van der Waals surface area contributed by atoms with Crippen molar-refractivity contribution in [3.05, 3.63) is 36.5 Å². The van der Waals surface area contributed by atoms with Crippen LogP contribution < -0.4 is 15.8 Å². The molecule has 7 heteroatoms. The molecule has 1 aliphatic rings. The van der Waals surface area contributed by atoms with E-state index in [9.17, 15) is 9.59 Å². The molecule has 1 saturated heterocycles. The van der Waals surface area contributed by atoms with Gasteiger partial charge in [0.15, 0.2) is 0 Å². The van der Waals surface area contributed by atoms with Crippen molar-refractivity contribution >= 4 is 22.8 Å². The summed E-state index contributed by atoms with van der Waals surface area (Å²) in [6.07, 6.45) is 3.29. The number of primary amides is 1. The zero-order valence-corrected chi connectivity index (χ0v) is 14.0. The average Bonchev–Trinajstić information content (AvgIpc) is 2.65. The van der Waals surface area contributed by atoms with E-state index in [1.165, 1.54) is 4.90 Å². The first-order valence-corrected chi connectivity index (χ1v) is 8.44. The lowest BCUT2D eigenvalue weighted by Crippen LogP contribution is -2.47. The summed E-state index contributed by atoms with van der Waals surface area (Å²) in [5.74, 6) is 0.427. The highest BCUT2D eigenvalue weighted by molar-refractivity contribution is 5.84. The van der Waals surface area contributed by atoms with E-state index in [1.807, 2.05) is 30.3 Å². The van der Waals surface area contributed by atoms with Crippen LogP contribution in [0.5, 0.6) is 5.75 Å². The first-order valence-electron chi connectivity index (χ1n) is 8.44. The molecule has 0 spiro atoms. The van der Waals surface area contributed by atoms with E-state index in [1.54, 1.807) is 6.20 Å². The number of benzene rings is 1. The molecule has 3 amide bonds. The van der Waals surface area contributed by atoms with Gasteiger partial charge in [0.05, 0.1) is 12.5 Å². The molecule has 1 aromatic carbocycles. The fourth-order valence-corrected chi connectivity index (χ4v) is 3.06. The number of nitrogens with zero attached hydrogens (tertiary/aromatic N) is 2. The van der Waals surface area contributed by atoms with Crippen LogP contribution >= 0.6 is 0 Å². The number of amides is 3. The zero-order chi connectivity index (χ0) is 17.6. The van der Waals surface area contributed by atoms with Crippen molar-refractivity contribution in [2.45, 2.75) is 12.8 Å². The molecule has 1 fully saturated rings. The molecular weight excluding hydrogens is 320 g/mol. The Morgan fingerprint density at radius 1 is 1.32 bits per heavy atom. The largest absolute Gasteiger partial charge is 0.489 e. The number of hydrogen-bond donors (Lipinski definition) is 2. The van der Waals surface area contributed by atoms with E-state index >= 15 is 0 Å². The molecule has 2 aromatic rings. The molecule has 1 aromatic heterocycles. The monoisotopic (exact) mass is 342 g/mol. The van der Waals surface area contributed by atoms with Crippen LogP contribution in [0, 0.1) is 5.92 Å². The first kappa shape index (κ1) is 17.0. The Morgan fingerprint density at radius 3 is 3.00 bits per heavy atom. The van der Waals surface area contributed by atoms with Crippen LogP contribution in [0.4, 0.5) is 4.79 Å². The summed E-state index contributed by atoms with van der Waals surface area (Å²) in [5.41, 5.74) is 6.10. The predicted octanol–water partition coefficient (Wildman–Crippen LogP) is 1.52. The maximum absolute atomic E-state index is 12.2. The number of likely N-dealkylation sites (tertiary alicyclic amines) is 1. The Labute approximate surface area is 146 Å². The standard InChI is InChI=1S/C18H22N4O3/c19-18(24)22-10-3-6-14(12-22)17(23)21-9-11-25-15-7-1-4-13-5-2-8-20-16(13)15/h1-2,4-5,7-8,14H,3,6,9-12H2,(H2,19,24)(H,21,23). The van der Waals surface area contributed by atoms with Crippen LogP contribution in [0.1, 0.15) is 12.8 Å². The van der Waals surface area contributed by atoms with Gasteiger partial charge in [-0.3, -0.25) is 9.78 Å². The number of ether oxygens (including phenoxy) is 1. The SMILES string of the molecule is NC(=O)N1CCCC(C(=O)NCCOc2cccc3cccnc23)C1. The third kappa shape index (κ3) is 4.17. The van der Waals surface area contributed by atoms with E-state index < -0.39 is 6.03 Å². The molecule has 2 heterocycles. The molecule has 0 radical (unpaired) electrons. The highest BCUT2D eigenvalue weighted by atomic mass is 16.5. The molecule has 132 valence electrons. The van der Waals surface area contributed by atoms with Gasteiger partial charge in [0.1, 0.15) is 17.9 Å². The summed E-state index contributed by atoms with van der Waals surface area (Å²) in [5, 5.41) is 3.88. The fourth-order valence-electron chi connectivity index (χ4n) is 3.06. The fraction of sp³-hybridized carbons (Fsp3) is 0.389. The Hall–Kier alpha value is -2.83. The third-order valence-electron chi connectivity index (χ3n) is 4.36. The van der Waals surface area contributed by atoms with E-state index in [0.29, 0.717) is 32.0 Å². The van der Waals surface area contributed by atoms with Crippen molar-refractivity contribution in [3.63, 3.8) is 0 Å². The van der Waals surface area contributed by atoms with Crippen LogP contribution in [0.3, 0.4) is 0 Å². The number of pyridine rings is 1. The summed E-state index contributed by atoms with van der Waals surface area (Å²) in [6.45, 7) is 1.76. The quantitative estimate of drug-likeness (QED) is 0.805. The summed E-state index contributed by atoms with van der Waals surface area (Å²) < 4.78 is 5.75. The summed E-state index contributed by atoms with van der Waals surface area (Å²) in [7, 11) is 0. The van der Waals surface area contributed by atoms with E-state index in [4.69, 9.17) is 10.5 Å². The topological polar surface area (TPSA) is 97.6 Å². The average molecular weight is 342 g/mol. The van der Waals surface area contributed by atoms with Crippen LogP contribution in [0.2, 0.25) is 0 Å². The van der Waals surface area contributed by atoms with Gasteiger partial charge in [-0.2, -0.15) is 0 Å². The van der Waals surface area contributed by atoms with Crippen LogP contribution in [-0.2, 0) is 4.79 Å². The first-order chi connectivity index (χ1) is 12.1. The number of urea groups is 1. The number of para-hydroxylation sites is 1. The number of rotatable bonds is 5. The van der Waals surface area contributed by atoms with Crippen molar-refractivity contribution < 1.29 is 14.3 Å². The van der Waals surface area contributed by atoms with Crippen molar-refractivity contribution in [2.75, 3.05) is 26.2 Å². The van der Waals surface area contributed by atoms with Crippen molar-refractivity contribution in [1.82, 2.24) is 15.2 Å². The van der Waals surface area contributed by atoms with Crippen molar-refractivity contribution in [1.29, 1.82) is 0 Å². The maximum atomic E-state index is 12.2. The molecule has 0 saturated carbocycles. The van der Waals surface area contributed by atoms with E-state index in [2.05, 4.69) is 10.3 Å². The number of aromatic nitrogens is 1. The second-order valence-corrected chi connectivity index (χ2v) is 6.09. The van der Waals surface area contributed by atoms with Gasteiger partial charge in [-0.05, 0) is 25.0 Å². The van der Waals surface area contributed by atoms with Gasteiger partial charge in [-0.1, -0.05) is 18.2 Å². The molecule has 0 aliphatic carbocycles. The second-order valence-electron chi connectivity index (χ2n) is 6.09. The highest BCUT2D eigenvalue weighted by Gasteiger charge is 2.27. The lowest BCUT2D eigenvalue weighted by molar-refractivity contribution is -0.126. The molecular formula is C18H22N4O3. The number of fused-ring (bicyclic) bond motifs is 1. The second kappa shape index (κ2) is 7.83. The number of hydrogen-bond acceptors (Lipinski definition) is 4. The molecule has 7 nitrogen and oxygen atoms in total.